The van der Waals surface area contributed by atoms with Crippen LogP contribution in [-0.4, -0.2) is 41.0 Å². The molecule has 5 heterocycles. The van der Waals surface area contributed by atoms with Crippen molar-refractivity contribution in [3.63, 3.8) is 0 Å². The summed E-state index contributed by atoms with van der Waals surface area (Å²) in [5.41, 5.74) is 4.55. The number of H-pyrrole nitrogens is 2. The average molecular weight is 559 g/mol. The van der Waals surface area contributed by atoms with Crippen molar-refractivity contribution in [3.05, 3.63) is 109 Å². The highest BCUT2D eigenvalue weighted by Crippen LogP contribution is 2.34. The van der Waals surface area contributed by atoms with Crippen molar-refractivity contribution in [2.75, 3.05) is 5.32 Å². The van der Waals surface area contributed by atoms with Gasteiger partial charge in [0.15, 0.2) is 17.1 Å². The van der Waals surface area contributed by atoms with Gasteiger partial charge in [0.05, 0.1) is 23.7 Å². The van der Waals surface area contributed by atoms with E-state index in [4.69, 9.17) is 0 Å². The van der Waals surface area contributed by atoms with Gasteiger partial charge in [0.1, 0.15) is 22.8 Å². The smallest absolute Gasteiger partial charge is 0.228 e. The number of hydrogen-bond acceptors (Lipinski definition) is 6. The van der Waals surface area contributed by atoms with Crippen molar-refractivity contribution in [1.29, 1.82) is 0 Å². The van der Waals surface area contributed by atoms with E-state index < -0.39 is 5.82 Å². The lowest BCUT2D eigenvalue weighted by molar-refractivity contribution is -0.115. The topological polar surface area (TPSA) is 125 Å². The highest BCUT2D eigenvalue weighted by Gasteiger charge is 2.22. The molecule has 42 heavy (non-hydrogen) atoms. The van der Waals surface area contributed by atoms with Crippen LogP contribution in [0.1, 0.15) is 5.56 Å². The summed E-state index contributed by atoms with van der Waals surface area (Å²) in [4.78, 5) is 33.2. The predicted molar refractivity (Wildman–Crippen MR) is 154 cm³/mol. The van der Waals surface area contributed by atoms with Gasteiger partial charge in [-0.2, -0.15) is 5.10 Å². The molecule has 0 saturated heterocycles. The fraction of sp³-hybridized carbons (Fsp3) is 0.0323. The average Bonchev–Trinajstić information content (AvgIpc) is 3.63. The van der Waals surface area contributed by atoms with Crippen LogP contribution in [0.2, 0.25) is 0 Å². The summed E-state index contributed by atoms with van der Waals surface area (Å²) in [7, 11) is 0. The van der Waals surface area contributed by atoms with E-state index in [1.54, 1.807) is 30.5 Å². The standard InChI is InChI=1S/C31H20F2N8O/c32-20-8-4-7-18(12-20)22-9-10-35-30-27(22)38-31(39-30)28-25-26(33)23(16-36-29(25)41-40-28)19-13-21(15-34-14-19)37-24(42)11-17-5-2-1-3-6-17/h1-10,12-16H,11H2,(H,37,42)(H,35,38,39)(H,36,40,41). The lowest BCUT2D eigenvalue weighted by atomic mass is 10.1. The van der Waals surface area contributed by atoms with Crippen LogP contribution in [0, 0.1) is 11.6 Å². The van der Waals surface area contributed by atoms with E-state index in [1.807, 2.05) is 30.3 Å². The van der Waals surface area contributed by atoms with E-state index in [0.29, 0.717) is 33.5 Å². The SMILES string of the molecule is O=C(Cc1ccccc1)Nc1cncc(-c2cnc3[nH]nc(-c4nc5c(-c6cccc(F)c6)ccnc5[nH]4)c3c2F)c1. The molecular formula is C31H20F2N8O. The monoisotopic (exact) mass is 558 g/mol. The molecule has 11 heteroatoms. The number of pyridine rings is 3. The molecule has 0 aliphatic rings. The third-order valence-corrected chi connectivity index (χ3v) is 6.81. The third-order valence-electron chi connectivity index (χ3n) is 6.81. The van der Waals surface area contributed by atoms with Gasteiger partial charge in [-0.15, -0.1) is 0 Å². The fourth-order valence-corrected chi connectivity index (χ4v) is 4.88. The Morgan fingerprint density at radius 2 is 1.74 bits per heavy atom. The number of carbonyl (C=O) groups excluding carboxylic acids is 1. The molecule has 204 valence electrons. The quantitative estimate of drug-likeness (QED) is 0.227. The van der Waals surface area contributed by atoms with Gasteiger partial charge in [0, 0.05) is 35.3 Å². The second-order valence-corrected chi connectivity index (χ2v) is 9.61. The maximum absolute atomic E-state index is 16.1. The maximum Gasteiger partial charge on any atom is 0.228 e. The van der Waals surface area contributed by atoms with Crippen molar-refractivity contribution in [2.24, 2.45) is 0 Å². The van der Waals surface area contributed by atoms with E-state index in [9.17, 15) is 9.18 Å². The Hall–Kier alpha value is -5.84. The number of fused-ring (bicyclic) bond motifs is 2. The summed E-state index contributed by atoms with van der Waals surface area (Å²) in [5, 5.41) is 9.99. The van der Waals surface area contributed by atoms with E-state index in [0.717, 1.165) is 5.56 Å². The zero-order valence-electron chi connectivity index (χ0n) is 21.8. The Kier molecular flexibility index (Phi) is 6.16. The molecule has 3 N–H and O–H groups in total. The predicted octanol–water partition coefficient (Wildman–Crippen LogP) is 6.08. The fourth-order valence-electron chi connectivity index (χ4n) is 4.88. The van der Waals surface area contributed by atoms with Crippen LogP contribution in [0.25, 0.3) is 56.0 Å². The second kappa shape index (κ2) is 10.3. The van der Waals surface area contributed by atoms with Gasteiger partial charge in [-0.1, -0.05) is 42.5 Å². The molecule has 0 fully saturated rings. The van der Waals surface area contributed by atoms with Crippen LogP contribution in [0.15, 0.2) is 91.5 Å². The number of hydrogen-bond donors (Lipinski definition) is 3. The molecular weight excluding hydrogens is 538 g/mol. The number of aromatic amines is 2. The number of carbonyl (C=O) groups is 1. The number of rotatable bonds is 6. The molecule has 0 aliphatic carbocycles. The van der Waals surface area contributed by atoms with Gasteiger partial charge in [-0.05, 0) is 35.4 Å². The zero-order valence-corrected chi connectivity index (χ0v) is 21.8. The highest BCUT2D eigenvalue weighted by atomic mass is 19.1. The molecule has 0 bridgehead atoms. The number of imidazole rings is 1. The molecule has 2 aromatic carbocycles. The number of aromatic nitrogens is 7. The van der Waals surface area contributed by atoms with Crippen molar-refractivity contribution >= 4 is 33.8 Å². The van der Waals surface area contributed by atoms with E-state index >= 15 is 4.39 Å². The molecule has 7 aromatic rings. The summed E-state index contributed by atoms with van der Waals surface area (Å²) >= 11 is 0. The van der Waals surface area contributed by atoms with E-state index in [-0.39, 0.29) is 46.3 Å². The third kappa shape index (κ3) is 4.62. The Bertz CT molecular complexity index is 2110. The first kappa shape index (κ1) is 25.1. The number of benzene rings is 2. The van der Waals surface area contributed by atoms with Crippen LogP contribution in [0.3, 0.4) is 0 Å². The van der Waals surface area contributed by atoms with Gasteiger partial charge in [-0.3, -0.25) is 14.9 Å². The van der Waals surface area contributed by atoms with Crippen LogP contribution in [-0.2, 0) is 11.2 Å². The molecule has 7 rings (SSSR count). The van der Waals surface area contributed by atoms with Crippen LogP contribution in [0.5, 0.6) is 0 Å². The first-order valence-electron chi connectivity index (χ1n) is 13.0. The first-order chi connectivity index (χ1) is 20.5. The summed E-state index contributed by atoms with van der Waals surface area (Å²) in [6, 6.07) is 18.9. The van der Waals surface area contributed by atoms with E-state index in [2.05, 4.69) is 40.4 Å². The Labute approximate surface area is 236 Å². The van der Waals surface area contributed by atoms with Crippen molar-refractivity contribution in [1.82, 2.24) is 35.1 Å². The second-order valence-electron chi connectivity index (χ2n) is 9.61. The van der Waals surface area contributed by atoms with Crippen molar-refractivity contribution in [2.45, 2.75) is 6.42 Å². The largest absolute Gasteiger partial charge is 0.324 e. The minimum Gasteiger partial charge on any atom is -0.324 e. The zero-order chi connectivity index (χ0) is 28.6. The van der Waals surface area contributed by atoms with Gasteiger partial charge < -0.3 is 10.3 Å². The van der Waals surface area contributed by atoms with Crippen LogP contribution >= 0.6 is 0 Å². The van der Waals surface area contributed by atoms with Gasteiger partial charge in [-0.25, -0.2) is 23.7 Å². The molecule has 0 radical (unpaired) electrons. The minimum atomic E-state index is -0.586. The normalized spacial score (nSPS) is 11.3. The molecule has 9 nitrogen and oxygen atoms in total. The number of nitrogens with one attached hydrogen (secondary N) is 3. The summed E-state index contributed by atoms with van der Waals surface area (Å²) in [5.74, 6) is -0.911. The molecule has 0 saturated carbocycles. The van der Waals surface area contributed by atoms with Gasteiger partial charge in [0.25, 0.3) is 0 Å². The van der Waals surface area contributed by atoms with Crippen molar-refractivity contribution in [3.8, 4) is 33.8 Å². The molecule has 0 unspecified atom stereocenters. The van der Waals surface area contributed by atoms with Gasteiger partial charge in [0.2, 0.25) is 5.91 Å². The summed E-state index contributed by atoms with van der Waals surface area (Å²) in [6.45, 7) is 0. The number of amides is 1. The molecule has 5 aromatic heterocycles. The lowest BCUT2D eigenvalue weighted by Gasteiger charge is -2.08. The Morgan fingerprint density at radius 3 is 2.60 bits per heavy atom. The van der Waals surface area contributed by atoms with E-state index in [1.165, 1.54) is 30.7 Å². The molecule has 0 aliphatic heterocycles. The highest BCUT2D eigenvalue weighted by molar-refractivity contribution is 5.97. The summed E-state index contributed by atoms with van der Waals surface area (Å²) < 4.78 is 30.1. The minimum absolute atomic E-state index is 0.123. The van der Waals surface area contributed by atoms with Crippen LogP contribution in [0.4, 0.5) is 14.5 Å². The molecule has 0 spiro atoms. The molecule has 1 amide bonds. The Morgan fingerprint density at radius 1 is 0.857 bits per heavy atom. The van der Waals surface area contributed by atoms with Gasteiger partial charge >= 0.3 is 0 Å². The number of halogens is 2. The maximum atomic E-state index is 16.1. The summed E-state index contributed by atoms with van der Waals surface area (Å²) in [6.07, 6.45) is 6.16. The van der Waals surface area contributed by atoms with Crippen molar-refractivity contribution < 1.29 is 13.6 Å². The molecule has 0 atom stereocenters. The Balaban J connectivity index is 1.25. The van der Waals surface area contributed by atoms with Crippen LogP contribution < -0.4 is 5.32 Å². The number of nitrogens with zero attached hydrogens (tertiary/aromatic N) is 5. The number of anilines is 1. The first-order valence-corrected chi connectivity index (χ1v) is 13.0. The lowest BCUT2D eigenvalue weighted by Crippen LogP contribution is -2.14.